The maximum atomic E-state index is 11.3. The Balaban J connectivity index is 2.86. The van der Waals surface area contributed by atoms with Gasteiger partial charge in [0.2, 0.25) is 5.91 Å². The average Bonchev–Trinajstić information content (AvgIpc) is 2.36. The number of carboxylic acids is 1. The molecule has 1 rings (SSSR count). The molecule has 0 aromatic heterocycles. The number of primary amides is 1. The van der Waals surface area contributed by atoms with E-state index in [-0.39, 0.29) is 0 Å². The molecule has 0 bridgehead atoms. The minimum atomic E-state index is -1.00. The second-order valence-corrected chi connectivity index (χ2v) is 4.76. The van der Waals surface area contributed by atoms with Crippen LogP contribution >= 0.6 is 0 Å². The third-order valence-electron chi connectivity index (χ3n) is 3.17. The molecule has 1 amide bonds. The zero-order valence-corrected chi connectivity index (χ0v) is 11.3. The van der Waals surface area contributed by atoms with Gasteiger partial charge in [0.1, 0.15) is 5.54 Å². The van der Waals surface area contributed by atoms with Crippen LogP contribution in [0.2, 0.25) is 0 Å². The lowest BCUT2D eigenvalue weighted by atomic mass is 9.95. The third kappa shape index (κ3) is 3.79. The maximum absolute atomic E-state index is 11.3. The molecule has 0 aliphatic heterocycles. The zero-order valence-electron chi connectivity index (χ0n) is 11.3. The van der Waals surface area contributed by atoms with Gasteiger partial charge in [-0.05, 0) is 25.0 Å². The number of hydrogen-bond donors (Lipinski definition) is 3. The zero-order chi connectivity index (χ0) is 14.5. The van der Waals surface area contributed by atoms with Gasteiger partial charge in [-0.1, -0.05) is 31.5 Å². The molecule has 0 spiro atoms. The van der Waals surface area contributed by atoms with E-state index in [9.17, 15) is 14.7 Å². The maximum Gasteiger partial charge on any atom is 0.323 e. The average molecular weight is 264 g/mol. The lowest BCUT2D eigenvalue weighted by Gasteiger charge is -2.26. The van der Waals surface area contributed by atoms with Crippen LogP contribution in [0.5, 0.6) is 0 Å². The highest BCUT2D eigenvalue weighted by Gasteiger charge is 2.31. The Morgan fingerprint density at radius 1 is 1.37 bits per heavy atom. The summed E-state index contributed by atoms with van der Waals surface area (Å²) in [5.41, 5.74) is 5.41. The summed E-state index contributed by atoms with van der Waals surface area (Å²) in [6.45, 7) is 3.87. The van der Waals surface area contributed by atoms with Crippen LogP contribution in [0.25, 0.3) is 0 Å². The fraction of sp³-hybridized carbons (Fsp3) is 0.429. The Hall–Kier alpha value is -1.88. The quantitative estimate of drug-likeness (QED) is 0.696. The summed E-state index contributed by atoms with van der Waals surface area (Å²) in [7, 11) is 0. The summed E-state index contributed by atoms with van der Waals surface area (Å²) in [6.07, 6.45) is 1.27. The van der Waals surface area contributed by atoms with Gasteiger partial charge < -0.3 is 10.8 Å². The van der Waals surface area contributed by atoms with E-state index in [4.69, 9.17) is 5.73 Å². The van der Waals surface area contributed by atoms with Gasteiger partial charge >= 0.3 is 5.97 Å². The molecule has 5 heteroatoms. The lowest BCUT2D eigenvalue weighted by Crippen LogP contribution is -2.49. The molecule has 1 unspecified atom stereocenters. The summed E-state index contributed by atoms with van der Waals surface area (Å²) >= 11 is 0. The highest BCUT2D eigenvalue weighted by molar-refractivity contribution is 5.94. The number of amides is 1. The molecule has 0 fully saturated rings. The Bertz CT molecular complexity index is 474. The first-order valence-corrected chi connectivity index (χ1v) is 6.27. The molecule has 104 valence electrons. The Kier molecular flexibility index (Phi) is 5.06. The van der Waals surface area contributed by atoms with E-state index in [1.54, 1.807) is 31.2 Å². The molecule has 1 aromatic rings. The summed E-state index contributed by atoms with van der Waals surface area (Å²) in [5, 5.41) is 12.3. The van der Waals surface area contributed by atoms with Crippen LogP contribution in [0.3, 0.4) is 0 Å². The van der Waals surface area contributed by atoms with Crippen LogP contribution in [0.4, 0.5) is 0 Å². The number of aliphatic carboxylic acids is 1. The molecule has 1 aromatic carbocycles. The fourth-order valence-corrected chi connectivity index (χ4v) is 1.98. The standard InChI is InChI=1S/C14H20N2O3/c1-3-8-14(2,13(18)19)16-9-10-6-4-5-7-11(10)12(15)17/h4-7,16H,3,8-9H2,1-2H3,(H2,15,17)(H,18,19). The highest BCUT2D eigenvalue weighted by Crippen LogP contribution is 2.15. The van der Waals surface area contributed by atoms with E-state index >= 15 is 0 Å². The van der Waals surface area contributed by atoms with Crippen LogP contribution in [0.15, 0.2) is 24.3 Å². The van der Waals surface area contributed by atoms with E-state index in [1.807, 2.05) is 6.92 Å². The van der Waals surface area contributed by atoms with E-state index < -0.39 is 17.4 Å². The Morgan fingerprint density at radius 3 is 2.53 bits per heavy atom. The molecule has 1 atom stereocenters. The van der Waals surface area contributed by atoms with Gasteiger partial charge in [0, 0.05) is 12.1 Å². The van der Waals surface area contributed by atoms with Crippen molar-refractivity contribution < 1.29 is 14.7 Å². The number of carboxylic acid groups (broad SMARTS) is 1. The number of benzene rings is 1. The number of hydrogen-bond acceptors (Lipinski definition) is 3. The highest BCUT2D eigenvalue weighted by atomic mass is 16.4. The predicted molar refractivity (Wildman–Crippen MR) is 72.7 cm³/mol. The topological polar surface area (TPSA) is 92.4 Å². The number of nitrogens with one attached hydrogen (secondary N) is 1. The monoisotopic (exact) mass is 264 g/mol. The molecule has 0 saturated heterocycles. The third-order valence-corrected chi connectivity index (χ3v) is 3.17. The van der Waals surface area contributed by atoms with Gasteiger partial charge in [-0.15, -0.1) is 0 Å². The lowest BCUT2D eigenvalue weighted by molar-refractivity contribution is -0.144. The van der Waals surface area contributed by atoms with Crippen molar-refractivity contribution in [2.24, 2.45) is 5.73 Å². The molecular formula is C14H20N2O3. The second kappa shape index (κ2) is 6.33. The van der Waals surface area contributed by atoms with Gasteiger partial charge in [-0.3, -0.25) is 14.9 Å². The predicted octanol–water partition coefficient (Wildman–Crippen LogP) is 1.52. The van der Waals surface area contributed by atoms with Crippen molar-refractivity contribution in [3.05, 3.63) is 35.4 Å². The molecule has 4 N–H and O–H groups in total. The summed E-state index contributed by atoms with van der Waals surface area (Å²) in [5.74, 6) is -1.41. The molecule has 19 heavy (non-hydrogen) atoms. The first-order chi connectivity index (χ1) is 8.90. The molecule has 0 saturated carbocycles. The van der Waals surface area contributed by atoms with Crippen LogP contribution in [-0.2, 0) is 11.3 Å². The van der Waals surface area contributed by atoms with Crippen molar-refractivity contribution in [2.75, 3.05) is 0 Å². The largest absolute Gasteiger partial charge is 0.480 e. The van der Waals surface area contributed by atoms with E-state index in [0.717, 1.165) is 6.42 Å². The van der Waals surface area contributed by atoms with Crippen LogP contribution < -0.4 is 11.1 Å². The summed E-state index contributed by atoms with van der Waals surface area (Å²) in [4.78, 5) is 22.6. The molecule has 0 radical (unpaired) electrons. The van der Waals surface area contributed by atoms with Crippen molar-refractivity contribution in [1.82, 2.24) is 5.32 Å². The van der Waals surface area contributed by atoms with Gasteiger partial charge in [0.25, 0.3) is 0 Å². The molecular weight excluding hydrogens is 244 g/mol. The van der Waals surface area contributed by atoms with Crippen molar-refractivity contribution in [1.29, 1.82) is 0 Å². The Morgan fingerprint density at radius 2 is 2.00 bits per heavy atom. The fourth-order valence-electron chi connectivity index (χ4n) is 1.98. The van der Waals surface area contributed by atoms with Gasteiger partial charge in [0.05, 0.1) is 0 Å². The minimum Gasteiger partial charge on any atom is -0.480 e. The van der Waals surface area contributed by atoms with E-state index in [0.29, 0.717) is 24.1 Å². The van der Waals surface area contributed by atoms with Crippen LogP contribution in [0.1, 0.15) is 42.6 Å². The second-order valence-electron chi connectivity index (χ2n) is 4.76. The van der Waals surface area contributed by atoms with Crippen molar-refractivity contribution >= 4 is 11.9 Å². The molecule has 0 aliphatic carbocycles. The molecule has 0 heterocycles. The number of rotatable bonds is 7. The summed E-state index contributed by atoms with van der Waals surface area (Å²) < 4.78 is 0. The minimum absolute atomic E-state index is 0.294. The van der Waals surface area contributed by atoms with Crippen molar-refractivity contribution in [2.45, 2.75) is 38.8 Å². The van der Waals surface area contributed by atoms with Gasteiger partial charge in [0.15, 0.2) is 0 Å². The first kappa shape index (κ1) is 15.2. The molecule has 5 nitrogen and oxygen atoms in total. The number of carbonyl (C=O) groups excluding carboxylic acids is 1. The van der Waals surface area contributed by atoms with E-state index in [1.165, 1.54) is 0 Å². The van der Waals surface area contributed by atoms with Crippen LogP contribution in [-0.4, -0.2) is 22.5 Å². The molecule has 0 aliphatic rings. The van der Waals surface area contributed by atoms with Crippen molar-refractivity contribution in [3.63, 3.8) is 0 Å². The first-order valence-electron chi connectivity index (χ1n) is 6.27. The number of nitrogens with two attached hydrogens (primary N) is 1. The summed E-state index contributed by atoms with van der Waals surface area (Å²) in [6, 6.07) is 6.92. The van der Waals surface area contributed by atoms with Gasteiger partial charge in [-0.25, -0.2) is 0 Å². The van der Waals surface area contributed by atoms with E-state index in [2.05, 4.69) is 5.32 Å². The van der Waals surface area contributed by atoms with Crippen molar-refractivity contribution in [3.8, 4) is 0 Å². The SMILES string of the molecule is CCCC(C)(NCc1ccccc1C(N)=O)C(=O)O. The number of carbonyl (C=O) groups is 2. The Labute approximate surface area is 112 Å². The van der Waals surface area contributed by atoms with Gasteiger partial charge in [-0.2, -0.15) is 0 Å². The smallest absolute Gasteiger partial charge is 0.323 e. The normalized spacial score (nSPS) is 13.8. The van der Waals surface area contributed by atoms with Crippen LogP contribution in [0, 0.1) is 0 Å².